The van der Waals surface area contributed by atoms with E-state index < -0.39 is 5.60 Å². The van der Waals surface area contributed by atoms with Crippen molar-refractivity contribution < 1.29 is 19.2 Å². The molecule has 0 saturated heterocycles. The normalized spacial score (nSPS) is 17.6. The number of carbonyl (C=O) groups is 1. The second-order valence-corrected chi connectivity index (χ2v) is 7.57. The Morgan fingerprint density at radius 2 is 1.74 bits per heavy atom. The number of rotatable bonds is 11. The highest BCUT2D eigenvalue weighted by Gasteiger charge is 2.49. The highest BCUT2D eigenvalue weighted by atomic mass is 16.6. The van der Waals surface area contributed by atoms with Gasteiger partial charge in [0.25, 0.3) is 0 Å². The number of ether oxygens (including phenoxy) is 2. The smallest absolute Gasteiger partial charge is 0.343 e. The van der Waals surface area contributed by atoms with E-state index in [1.54, 1.807) is 0 Å². The van der Waals surface area contributed by atoms with Crippen LogP contribution in [0.25, 0.3) is 0 Å². The Hall–Kier alpha value is -1.39. The standard InChI is InChI=1S/C23H37NO3/c1-4-24(5-2)18-13-19-26-22(25)23(27-6-3,20-14-9-7-10-15-20)21-16-11-8-12-17-21/h7,9-10,14-15,21H,4-6,8,11-13,16-19H2,1-3H3/p+1/t23-/m0/s1. The van der Waals surface area contributed by atoms with E-state index >= 15 is 0 Å². The summed E-state index contributed by atoms with van der Waals surface area (Å²) in [6, 6.07) is 10.0. The highest BCUT2D eigenvalue weighted by Crippen LogP contribution is 2.43. The Kier molecular flexibility index (Phi) is 9.29. The van der Waals surface area contributed by atoms with Crippen molar-refractivity contribution in [1.29, 1.82) is 0 Å². The van der Waals surface area contributed by atoms with Crippen LogP contribution < -0.4 is 4.90 Å². The lowest BCUT2D eigenvalue weighted by molar-refractivity contribution is -0.896. The average molecular weight is 377 g/mol. The first-order valence-corrected chi connectivity index (χ1v) is 10.9. The van der Waals surface area contributed by atoms with Crippen LogP contribution in [0.1, 0.15) is 64.9 Å². The second-order valence-electron chi connectivity index (χ2n) is 7.57. The topological polar surface area (TPSA) is 40.0 Å². The molecule has 1 N–H and O–H groups in total. The maximum atomic E-state index is 13.4. The minimum Gasteiger partial charge on any atom is -0.463 e. The lowest BCUT2D eigenvalue weighted by Crippen LogP contribution is -3.11. The summed E-state index contributed by atoms with van der Waals surface area (Å²) in [5.74, 6) is -0.00787. The Morgan fingerprint density at radius 1 is 1.07 bits per heavy atom. The molecule has 0 aliphatic heterocycles. The third-order valence-corrected chi connectivity index (χ3v) is 5.97. The first-order chi connectivity index (χ1) is 13.2. The van der Waals surface area contributed by atoms with Crippen molar-refractivity contribution in [2.24, 2.45) is 5.92 Å². The third-order valence-electron chi connectivity index (χ3n) is 5.97. The van der Waals surface area contributed by atoms with Crippen molar-refractivity contribution in [3.63, 3.8) is 0 Å². The number of hydrogen-bond donors (Lipinski definition) is 1. The quantitative estimate of drug-likeness (QED) is 0.475. The predicted octanol–water partition coefficient (Wildman–Crippen LogP) is 3.36. The summed E-state index contributed by atoms with van der Waals surface area (Å²) < 4.78 is 12.1. The number of hydrogen-bond acceptors (Lipinski definition) is 3. The summed E-state index contributed by atoms with van der Waals surface area (Å²) in [6.07, 6.45) is 6.50. The molecule has 2 rings (SSSR count). The van der Waals surface area contributed by atoms with E-state index in [1.165, 1.54) is 11.3 Å². The van der Waals surface area contributed by atoms with Crippen LogP contribution >= 0.6 is 0 Å². The van der Waals surface area contributed by atoms with E-state index in [0.717, 1.165) is 57.3 Å². The Morgan fingerprint density at radius 3 is 2.33 bits per heavy atom. The lowest BCUT2D eigenvalue weighted by Gasteiger charge is -2.40. The molecule has 1 saturated carbocycles. The number of esters is 1. The molecule has 1 aliphatic rings. The number of carbonyl (C=O) groups excluding carboxylic acids is 1. The minimum atomic E-state index is -0.960. The molecule has 0 unspecified atom stereocenters. The summed E-state index contributed by atoms with van der Waals surface area (Å²) in [5.41, 5.74) is -0.0171. The molecule has 0 aromatic heterocycles. The second kappa shape index (κ2) is 11.5. The summed E-state index contributed by atoms with van der Waals surface area (Å²) in [7, 11) is 0. The van der Waals surface area contributed by atoms with Gasteiger partial charge in [0.15, 0.2) is 5.60 Å². The van der Waals surface area contributed by atoms with Crippen LogP contribution in [-0.4, -0.2) is 38.8 Å². The molecule has 4 heteroatoms. The molecular formula is C23H38NO3+. The van der Waals surface area contributed by atoms with Gasteiger partial charge in [-0.15, -0.1) is 0 Å². The molecule has 0 spiro atoms. The lowest BCUT2D eigenvalue weighted by atomic mass is 9.73. The zero-order valence-electron chi connectivity index (χ0n) is 17.5. The first kappa shape index (κ1) is 21.9. The molecule has 0 heterocycles. The largest absolute Gasteiger partial charge is 0.463 e. The molecular weight excluding hydrogens is 338 g/mol. The molecule has 27 heavy (non-hydrogen) atoms. The van der Waals surface area contributed by atoms with E-state index in [9.17, 15) is 4.79 Å². The van der Waals surface area contributed by atoms with Crippen molar-refractivity contribution in [3.05, 3.63) is 35.9 Å². The molecule has 1 aromatic carbocycles. The van der Waals surface area contributed by atoms with E-state index in [0.29, 0.717) is 13.2 Å². The van der Waals surface area contributed by atoms with Crippen LogP contribution in [0.15, 0.2) is 30.3 Å². The predicted molar refractivity (Wildman–Crippen MR) is 109 cm³/mol. The van der Waals surface area contributed by atoms with Crippen molar-refractivity contribution in [3.8, 4) is 0 Å². The summed E-state index contributed by atoms with van der Waals surface area (Å²) in [4.78, 5) is 14.9. The molecule has 152 valence electrons. The Labute approximate surface area is 165 Å². The van der Waals surface area contributed by atoms with E-state index in [2.05, 4.69) is 13.8 Å². The van der Waals surface area contributed by atoms with Gasteiger partial charge in [-0.05, 0) is 39.2 Å². The van der Waals surface area contributed by atoms with Gasteiger partial charge in [-0.25, -0.2) is 4.79 Å². The van der Waals surface area contributed by atoms with Gasteiger partial charge < -0.3 is 14.4 Å². The Balaban J connectivity index is 2.16. The number of benzene rings is 1. The number of quaternary nitrogens is 1. The summed E-state index contributed by atoms with van der Waals surface area (Å²) in [5, 5.41) is 0. The van der Waals surface area contributed by atoms with E-state index in [4.69, 9.17) is 9.47 Å². The van der Waals surface area contributed by atoms with Crippen molar-refractivity contribution in [1.82, 2.24) is 0 Å². The monoisotopic (exact) mass is 376 g/mol. The van der Waals surface area contributed by atoms with E-state index in [1.807, 2.05) is 37.3 Å². The maximum absolute atomic E-state index is 13.4. The summed E-state index contributed by atoms with van der Waals surface area (Å²) >= 11 is 0. The fourth-order valence-electron chi connectivity index (χ4n) is 4.40. The zero-order valence-corrected chi connectivity index (χ0v) is 17.5. The SMILES string of the molecule is CCO[C@@](C(=O)OCCC[NH+](CC)CC)(c1ccccc1)C1CCCCC1. The molecule has 1 aliphatic carbocycles. The van der Waals surface area contributed by atoms with Gasteiger partial charge in [-0.3, -0.25) is 0 Å². The van der Waals surface area contributed by atoms with Crippen LogP contribution in [0.4, 0.5) is 0 Å². The van der Waals surface area contributed by atoms with Crippen molar-refractivity contribution in [2.75, 3.05) is 32.8 Å². The van der Waals surface area contributed by atoms with Gasteiger partial charge in [0.2, 0.25) is 0 Å². The Bertz CT molecular complexity index is 538. The van der Waals surface area contributed by atoms with Crippen LogP contribution in [-0.2, 0) is 19.9 Å². The van der Waals surface area contributed by atoms with Gasteiger partial charge in [0, 0.05) is 18.9 Å². The van der Waals surface area contributed by atoms with Crippen LogP contribution in [0.5, 0.6) is 0 Å². The molecule has 0 bridgehead atoms. The van der Waals surface area contributed by atoms with Crippen molar-refractivity contribution in [2.45, 2.75) is 64.9 Å². The minimum absolute atomic E-state index is 0.189. The molecule has 1 atom stereocenters. The van der Waals surface area contributed by atoms with Crippen molar-refractivity contribution >= 4 is 5.97 Å². The van der Waals surface area contributed by atoms with Crippen LogP contribution in [0.3, 0.4) is 0 Å². The molecule has 4 nitrogen and oxygen atoms in total. The van der Waals surface area contributed by atoms with Gasteiger partial charge in [-0.2, -0.15) is 0 Å². The molecule has 1 aromatic rings. The zero-order chi connectivity index (χ0) is 19.5. The molecule has 0 amide bonds. The van der Waals surface area contributed by atoms with Crippen LogP contribution in [0.2, 0.25) is 0 Å². The average Bonchev–Trinajstić information content (AvgIpc) is 2.73. The fraction of sp³-hybridized carbons (Fsp3) is 0.696. The van der Waals surface area contributed by atoms with Gasteiger partial charge in [0.1, 0.15) is 0 Å². The third kappa shape index (κ3) is 5.55. The number of nitrogens with one attached hydrogen (secondary N) is 1. The molecule has 0 radical (unpaired) electrons. The summed E-state index contributed by atoms with van der Waals surface area (Å²) in [6.45, 7) is 10.6. The van der Waals surface area contributed by atoms with Crippen LogP contribution in [0, 0.1) is 5.92 Å². The maximum Gasteiger partial charge on any atom is 0.343 e. The van der Waals surface area contributed by atoms with Gasteiger partial charge >= 0.3 is 5.97 Å². The van der Waals surface area contributed by atoms with Gasteiger partial charge in [-0.1, -0.05) is 49.6 Å². The highest BCUT2D eigenvalue weighted by molar-refractivity contribution is 5.82. The first-order valence-electron chi connectivity index (χ1n) is 10.9. The molecule has 1 fully saturated rings. The van der Waals surface area contributed by atoms with Gasteiger partial charge in [0.05, 0.1) is 26.2 Å². The fourth-order valence-corrected chi connectivity index (χ4v) is 4.40. The van der Waals surface area contributed by atoms with E-state index in [-0.39, 0.29) is 11.9 Å².